The summed E-state index contributed by atoms with van der Waals surface area (Å²) < 4.78 is 2.73. The second-order valence-corrected chi connectivity index (χ2v) is 11.1. The molecular weight excluding hydrogens is 558 g/mol. The predicted octanol–water partition coefficient (Wildman–Crippen LogP) is 7.52. The minimum atomic E-state index is 0.353. The average Bonchev–Trinajstić information content (AvgIpc) is 3.34. The summed E-state index contributed by atoms with van der Waals surface area (Å²) in [7, 11) is 0. The molecule has 1 saturated heterocycles. The van der Waals surface area contributed by atoms with Crippen LogP contribution in [0.15, 0.2) is 102 Å². The van der Waals surface area contributed by atoms with Crippen molar-refractivity contribution < 1.29 is 0 Å². The second kappa shape index (κ2) is 11.3. The summed E-state index contributed by atoms with van der Waals surface area (Å²) >= 11 is 10.1. The molecule has 1 aliphatic rings. The number of rotatable bonds is 7. The molecule has 192 valence electrons. The average molecular weight is 587 g/mol. The molecule has 0 saturated carbocycles. The lowest BCUT2D eigenvalue weighted by Gasteiger charge is -2.35. The van der Waals surface area contributed by atoms with Gasteiger partial charge in [-0.25, -0.2) is 4.98 Å². The molecule has 6 rings (SSSR count). The number of nitrogens with one attached hydrogen (secondary N) is 1. The quantitative estimate of drug-likeness (QED) is 0.214. The summed E-state index contributed by atoms with van der Waals surface area (Å²) in [6, 6.07) is 32.0. The molecule has 5 nitrogen and oxygen atoms in total. The van der Waals surface area contributed by atoms with Crippen LogP contribution >= 0.6 is 27.5 Å². The standard InChI is InChI=1S/C31H29BrClN5/c32-27-20-34-38-30(19-29(36-31(27)38)25-13-7-8-14-28(25)33)35-24-15-17-37(18-16-24)21-26(22-9-3-1-4-10-22)23-11-5-2-6-12-23/h1-14,19-20,24,26,35H,15-18,21H2. The Balaban J connectivity index is 1.19. The number of fused-ring (bicyclic) bond motifs is 1. The zero-order chi connectivity index (χ0) is 25.9. The molecule has 0 radical (unpaired) electrons. The van der Waals surface area contributed by atoms with Crippen LogP contribution < -0.4 is 5.32 Å². The Kier molecular flexibility index (Phi) is 7.45. The van der Waals surface area contributed by atoms with Gasteiger partial charge in [-0.1, -0.05) is 90.5 Å². The van der Waals surface area contributed by atoms with Crippen LogP contribution in [-0.2, 0) is 0 Å². The number of benzene rings is 3. The van der Waals surface area contributed by atoms with E-state index in [9.17, 15) is 0 Å². The number of aromatic nitrogens is 3. The summed E-state index contributed by atoms with van der Waals surface area (Å²) in [6.45, 7) is 3.10. The molecule has 1 N–H and O–H groups in total. The summed E-state index contributed by atoms with van der Waals surface area (Å²) in [6.07, 6.45) is 3.91. The number of halogens is 2. The summed E-state index contributed by atoms with van der Waals surface area (Å²) in [5.41, 5.74) is 5.26. The fourth-order valence-electron chi connectivity index (χ4n) is 5.35. The van der Waals surface area contributed by atoms with Gasteiger partial charge in [-0.3, -0.25) is 0 Å². The van der Waals surface area contributed by atoms with E-state index in [2.05, 4.69) is 98.0 Å². The second-order valence-electron chi connectivity index (χ2n) is 9.83. The van der Waals surface area contributed by atoms with Crippen molar-refractivity contribution in [3.63, 3.8) is 0 Å². The highest BCUT2D eigenvalue weighted by molar-refractivity contribution is 9.10. The van der Waals surface area contributed by atoms with Gasteiger partial charge >= 0.3 is 0 Å². The zero-order valence-electron chi connectivity index (χ0n) is 21.0. The van der Waals surface area contributed by atoms with E-state index in [1.54, 1.807) is 6.20 Å². The first-order valence-corrected chi connectivity index (χ1v) is 14.2. The van der Waals surface area contributed by atoms with Crippen LogP contribution in [0, 0.1) is 0 Å². The summed E-state index contributed by atoms with van der Waals surface area (Å²) in [4.78, 5) is 7.44. The van der Waals surface area contributed by atoms with Crippen molar-refractivity contribution in [2.24, 2.45) is 0 Å². The van der Waals surface area contributed by atoms with E-state index >= 15 is 0 Å². The molecule has 0 bridgehead atoms. The third-order valence-corrected chi connectivity index (χ3v) is 8.25. The largest absolute Gasteiger partial charge is 0.367 e. The zero-order valence-corrected chi connectivity index (χ0v) is 23.3. The van der Waals surface area contributed by atoms with E-state index < -0.39 is 0 Å². The topological polar surface area (TPSA) is 45.5 Å². The van der Waals surface area contributed by atoms with Gasteiger partial charge in [-0.15, -0.1) is 0 Å². The van der Waals surface area contributed by atoms with Gasteiger partial charge in [-0.2, -0.15) is 9.61 Å². The fourth-order valence-corrected chi connectivity index (χ4v) is 5.93. The highest BCUT2D eigenvalue weighted by atomic mass is 79.9. The van der Waals surface area contributed by atoms with Crippen molar-refractivity contribution in [3.8, 4) is 11.3 Å². The lowest BCUT2D eigenvalue weighted by atomic mass is 9.90. The van der Waals surface area contributed by atoms with Crippen molar-refractivity contribution in [1.29, 1.82) is 0 Å². The van der Waals surface area contributed by atoms with E-state index in [-0.39, 0.29) is 0 Å². The molecule has 0 aliphatic carbocycles. The van der Waals surface area contributed by atoms with Crippen LogP contribution in [0.2, 0.25) is 5.02 Å². The maximum absolute atomic E-state index is 6.51. The maximum atomic E-state index is 6.51. The molecule has 3 heterocycles. The molecular formula is C31H29BrClN5. The Morgan fingerprint density at radius 3 is 2.18 bits per heavy atom. The van der Waals surface area contributed by atoms with E-state index in [0.29, 0.717) is 17.0 Å². The minimum Gasteiger partial charge on any atom is -0.367 e. The van der Waals surface area contributed by atoms with Crippen molar-refractivity contribution in [1.82, 2.24) is 19.5 Å². The van der Waals surface area contributed by atoms with E-state index in [1.807, 2.05) is 28.8 Å². The maximum Gasteiger partial charge on any atom is 0.172 e. The molecule has 0 amide bonds. The van der Waals surface area contributed by atoms with Crippen LogP contribution in [0.4, 0.5) is 5.82 Å². The Morgan fingerprint density at radius 1 is 0.895 bits per heavy atom. The third-order valence-electron chi connectivity index (χ3n) is 7.36. The third kappa shape index (κ3) is 5.35. The number of nitrogens with zero attached hydrogens (tertiary/aromatic N) is 4. The first-order valence-electron chi connectivity index (χ1n) is 13.0. The van der Waals surface area contributed by atoms with Crippen molar-refractivity contribution >= 4 is 39.0 Å². The van der Waals surface area contributed by atoms with E-state index in [4.69, 9.17) is 16.6 Å². The first kappa shape index (κ1) is 25.1. The Morgan fingerprint density at radius 2 is 1.53 bits per heavy atom. The molecule has 0 unspecified atom stereocenters. The molecule has 38 heavy (non-hydrogen) atoms. The summed E-state index contributed by atoms with van der Waals surface area (Å²) in [5, 5.41) is 9.02. The lowest BCUT2D eigenvalue weighted by Crippen LogP contribution is -2.41. The first-order chi connectivity index (χ1) is 18.7. The Labute approximate surface area is 236 Å². The lowest BCUT2D eigenvalue weighted by molar-refractivity contribution is 0.213. The van der Waals surface area contributed by atoms with Gasteiger partial charge in [0, 0.05) is 48.2 Å². The number of hydrogen-bond acceptors (Lipinski definition) is 4. The number of anilines is 1. The van der Waals surface area contributed by atoms with Gasteiger partial charge in [0.25, 0.3) is 0 Å². The number of piperidine rings is 1. The molecule has 5 aromatic rings. The van der Waals surface area contributed by atoms with Crippen LogP contribution in [0.5, 0.6) is 0 Å². The molecule has 1 aliphatic heterocycles. The monoisotopic (exact) mass is 585 g/mol. The van der Waals surface area contributed by atoms with Crippen molar-refractivity contribution in [3.05, 3.63) is 118 Å². The highest BCUT2D eigenvalue weighted by Gasteiger charge is 2.24. The van der Waals surface area contributed by atoms with Crippen LogP contribution in [0.3, 0.4) is 0 Å². The Hall–Kier alpha value is -3.19. The molecule has 0 atom stereocenters. The van der Waals surface area contributed by atoms with E-state index in [1.165, 1.54) is 11.1 Å². The highest BCUT2D eigenvalue weighted by Crippen LogP contribution is 2.32. The smallest absolute Gasteiger partial charge is 0.172 e. The van der Waals surface area contributed by atoms with Gasteiger partial charge in [-0.05, 0) is 46.0 Å². The predicted molar refractivity (Wildman–Crippen MR) is 159 cm³/mol. The molecule has 1 fully saturated rings. The van der Waals surface area contributed by atoms with Gasteiger partial charge < -0.3 is 10.2 Å². The van der Waals surface area contributed by atoms with Crippen molar-refractivity contribution in [2.75, 3.05) is 25.0 Å². The van der Waals surface area contributed by atoms with Gasteiger partial charge in [0.05, 0.1) is 16.4 Å². The molecule has 0 spiro atoms. The van der Waals surface area contributed by atoms with Crippen LogP contribution in [0.25, 0.3) is 16.9 Å². The van der Waals surface area contributed by atoms with Crippen molar-refractivity contribution in [2.45, 2.75) is 24.8 Å². The molecule has 2 aromatic heterocycles. The van der Waals surface area contributed by atoms with Gasteiger partial charge in [0.15, 0.2) is 5.65 Å². The number of hydrogen-bond donors (Lipinski definition) is 1. The normalized spacial score (nSPS) is 14.8. The van der Waals surface area contributed by atoms with E-state index in [0.717, 1.165) is 59.7 Å². The molecule has 7 heteroatoms. The van der Waals surface area contributed by atoms with Gasteiger partial charge in [0.2, 0.25) is 0 Å². The summed E-state index contributed by atoms with van der Waals surface area (Å²) in [5.74, 6) is 1.29. The SMILES string of the molecule is Clc1ccccc1-c1cc(NC2CCN(CC(c3ccccc3)c3ccccc3)CC2)n2ncc(Br)c2n1. The fraction of sp³-hybridized carbons (Fsp3) is 0.226. The Bertz CT molecular complexity index is 1470. The van der Waals surface area contributed by atoms with Gasteiger partial charge in [0.1, 0.15) is 5.82 Å². The molecule has 3 aromatic carbocycles. The van der Waals surface area contributed by atoms with Crippen LogP contribution in [-0.4, -0.2) is 45.2 Å². The van der Waals surface area contributed by atoms with Crippen LogP contribution in [0.1, 0.15) is 29.9 Å². The number of likely N-dealkylation sites (tertiary alicyclic amines) is 1. The minimum absolute atomic E-state index is 0.353.